The van der Waals surface area contributed by atoms with Crippen LogP contribution in [0.15, 0.2) is 41.8 Å². The van der Waals surface area contributed by atoms with E-state index in [4.69, 9.17) is 0 Å². The second-order valence-electron chi connectivity index (χ2n) is 4.98. The van der Waals surface area contributed by atoms with Gasteiger partial charge in [-0.25, -0.2) is 0 Å². The van der Waals surface area contributed by atoms with Gasteiger partial charge in [-0.15, -0.1) is 11.3 Å². The highest BCUT2D eigenvalue weighted by Crippen LogP contribution is 2.18. The van der Waals surface area contributed by atoms with Crippen LogP contribution in [0.1, 0.15) is 30.3 Å². The summed E-state index contributed by atoms with van der Waals surface area (Å²) in [4.78, 5) is 13.4. The molecule has 1 unspecified atom stereocenters. The van der Waals surface area contributed by atoms with Gasteiger partial charge in [-0.1, -0.05) is 23.8 Å². The molecule has 2 rings (SSSR count). The Kier molecular flexibility index (Phi) is 4.93. The van der Waals surface area contributed by atoms with Gasteiger partial charge in [0.15, 0.2) is 0 Å². The molecule has 1 heterocycles. The lowest BCUT2D eigenvalue weighted by Gasteiger charge is -2.18. The van der Waals surface area contributed by atoms with Crippen LogP contribution in [-0.4, -0.2) is 11.9 Å². The fourth-order valence-electron chi connectivity index (χ4n) is 1.96. The summed E-state index contributed by atoms with van der Waals surface area (Å²) < 4.78 is 0. The van der Waals surface area contributed by atoms with Crippen LogP contribution in [0.5, 0.6) is 0 Å². The van der Waals surface area contributed by atoms with Crippen molar-refractivity contribution >= 4 is 22.9 Å². The molecule has 0 radical (unpaired) electrons. The van der Waals surface area contributed by atoms with Gasteiger partial charge in [0.2, 0.25) is 5.91 Å². The number of rotatable bonds is 5. The average molecular weight is 288 g/mol. The number of hydrogen-bond donors (Lipinski definition) is 2. The number of anilines is 1. The standard InChI is InChI=1S/C16H20N2OS/c1-11-6-8-14(9-7-11)18-16(19)13(3)17-12(2)15-5-4-10-20-15/h4-10,12-13,17H,1-3H3,(H,18,19)/t12-,13?/m0/s1. The van der Waals surface area contributed by atoms with Crippen molar-refractivity contribution in [1.82, 2.24) is 5.32 Å². The van der Waals surface area contributed by atoms with E-state index in [1.165, 1.54) is 10.4 Å². The third kappa shape index (κ3) is 3.92. The monoisotopic (exact) mass is 288 g/mol. The Balaban J connectivity index is 1.90. The highest BCUT2D eigenvalue weighted by atomic mass is 32.1. The van der Waals surface area contributed by atoms with Gasteiger partial charge in [0.1, 0.15) is 0 Å². The van der Waals surface area contributed by atoms with Gasteiger partial charge in [-0.3, -0.25) is 10.1 Å². The number of carbonyl (C=O) groups excluding carboxylic acids is 1. The van der Waals surface area contributed by atoms with E-state index in [9.17, 15) is 4.79 Å². The first kappa shape index (κ1) is 14.8. The largest absolute Gasteiger partial charge is 0.325 e. The summed E-state index contributed by atoms with van der Waals surface area (Å²) in [6, 6.07) is 11.8. The van der Waals surface area contributed by atoms with Crippen LogP contribution in [0.3, 0.4) is 0 Å². The third-order valence-electron chi connectivity index (χ3n) is 3.18. The Morgan fingerprint density at radius 2 is 1.85 bits per heavy atom. The summed E-state index contributed by atoms with van der Waals surface area (Å²) in [6.07, 6.45) is 0. The van der Waals surface area contributed by atoms with E-state index in [0.717, 1.165) is 5.69 Å². The van der Waals surface area contributed by atoms with Crippen LogP contribution in [-0.2, 0) is 4.79 Å². The first-order chi connectivity index (χ1) is 9.56. The Morgan fingerprint density at radius 3 is 2.45 bits per heavy atom. The van der Waals surface area contributed by atoms with Gasteiger partial charge < -0.3 is 5.32 Å². The summed E-state index contributed by atoms with van der Waals surface area (Å²) in [7, 11) is 0. The summed E-state index contributed by atoms with van der Waals surface area (Å²) in [5.74, 6) is -0.0164. The summed E-state index contributed by atoms with van der Waals surface area (Å²) in [5, 5.41) is 8.28. The zero-order valence-electron chi connectivity index (χ0n) is 12.0. The summed E-state index contributed by atoms with van der Waals surface area (Å²) >= 11 is 1.70. The molecule has 0 bridgehead atoms. The van der Waals surface area contributed by atoms with Crippen molar-refractivity contribution in [2.75, 3.05) is 5.32 Å². The lowest BCUT2D eigenvalue weighted by molar-refractivity contribution is -0.117. The molecular weight excluding hydrogens is 268 g/mol. The highest BCUT2D eigenvalue weighted by molar-refractivity contribution is 7.10. The van der Waals surface area contributed by atoms with Crippen molar-refractivity contribution in [2.45, 2.75) is 32.9 Å². The van der Waals surface area contributed by atoms with Crippen molar-refractivity contribution in [3.63, 3.8) is 0 Å². The first-order valence-corrected chi connectivity index (χ1v) is 7.61. The lowest BCUT2D eigenvalue weighted by atomic mass is 10.2. The number of thiophene rings is 1. The Bertz CT molecular complexity index is 548. The van der Waals surface area contributed by atoms with Crippen molar-refractivity contribution < 1.29 is 4.79 Å². The summed E-state index contributed by atoms with van der Waals surface area (Å²) in [5.41, 5.74) is 2.01. The minimum atomic E-state index is -0.242. The number of hydrogen-bond acceptors (Lipinski definition) is 3. The molecule has 2 N–H and O–H groups in total. The molecule has 0 saturated carbocycles. The number of carbonyl (C=O) groups is 1. The highest BCUT2D eigenvalue weighted by Gasteiger charge is 2.16. The minimum absolute atomic E-state index is 0.0164. The molecule has 4 heteroatoms. The van der Waals surface area contributed by atoms with Gasteiger partial charge >= 0.3 is 0 Å². The topological polar surface area (TPSA) is 41.1 Å². The van der Waals surface area contributed by atoms with Crippen molar-refractivity contribution in [2.24, 2.45) is 0 Å². The van der Waals surface area contributed by atoms with Crippen LogP contribution in [0.25, 0.3) is 0 Å². The average Bonchev–Trinajstić information content (AvgIpc) is 2.95. The molecule has 20 heavy (non-hydrogen) atoms. The molecule has 3 nitrogen and oxygen atoms in total. The predicted molar refractivity (Wildman–Crippen MR) is 85.1 cm³/mol. The molecular formula is C16H20N2OS. The van der Waals surface area contributed by atoms with Crippen LogP contribution in [0.2, 0.25) is 0 Å². The maximum absolute atomic E-state index is 12.1. The van der Waals surface area contributed by atoms with Gasteiger partial charge in [-0.05, 0) is 44.4 Å². The van der Waals surface area contributed by atoms with E-state index in [-0.39, 0.29) is 18.0 Å². The van der Waals surface area contributed by atoms with E-state index < -0.39 is 0 Å². The van der Waals surface area contributed by atoms with Crippen LogP contribution in [0.4, 0.5) is 5.69 Å². The van der Waals surface area contributed by atoms with E-state index in [1.807, 2.05) is 49.6 Å². The quantitative estimate of drug-likeness (QED) is 0.880. The minimum Gasteiger partial charge on any atom is -0.325 e. The molecule has 0 saturated heterocycles. The molecule has 2 atom stereocenters. The number of benzene rings is 1. The van der Waals surface area contributed by atoms with Crippen LogP contribution >= 0.6 is 11.3 Å². The van der Waals surface area contributed by atoms with Gasteiger partial charge in [0, 0.05) is 16.6 Å². The molecule has 2 aromatic rings. The second-order valence-corrected chi connectivity index (χ2v) is 5.96. The van der Waals surface area contributed by atoms with Crippen LogP contribution in [0, 0.1) is 6.92 Å². The molecule has 0 fully saturated rings. The van der Waals surface area contributed by atoms with E-state index in [1.54, 1.807) is 11.3 Å². The fraction of sp³-hybridized carbons (Fsp3) is 0.312. The Hall–Kier alpha value is -1.65. The van der Waals surface area contributed by atoms with Gasteiger partial charge in [0.05, 0.1) is 6.04 Å². The van der Waals surface area contributed by atoms with Crippen molar-refractivity contribution in [1.29, 1.82) is 0 Å². The molecule has 1 amide bonds. The number of amides is 1. The van der Waals surface area contributed by atoms with Crippen molar-refractivity contribution in [3.05, 3.63) is 52.2 Å². The molecule has 0 spiro atoms. The van der Waals surface area contributed by atoms with E-state index >= 15 is 0 Å². The van der Waals surface area contributed by atoms with E-state index in [0.29, 0.717) is 0 Å². The zero-order valence-corrected chi connectivity index (χ0v) is 12.8. The maximum atomic E-state index is 12.1. The summed E-state index contributed by atoms with van der Waals surface area (Å²) in [6.45, 7) is 5.98. The van der Waals surface area contributed by atoms with Crippen molar-refractivity contribution in [3.8, 4) is 0 Å². The molecule has 0 aliphatic rings. The first-order valence-electron chi connectivity index (χ1n) is 6.73. The molecule has 1 aromatic carbocycles. The fourth-order valence-corrected chi connectivity index (χ4v) is 2.70. The molecule has 0 aliphatic carbocycles. The SMILES string of the molecule is Cc1ccc(NC(=O)C(C)N[C@@H](C)c2cccs2)cc1. The third-order valence-corrected chi connectivity index (χ3v) is 4.24. The van der Waals surface area contributed by atoms with Gasteiger partial charge in [0.25, 0.3) is 0 Å². The smallest absolute Gasteiger partial charge is 0.241 e. The maximum Gasteiger partial charge on any atom is 0.241 e. The molecule has 106 valence electrons. The second kappa shape index (κ2) is 6.68. The lowest BCUT2D eigenvalue weighted by Crippen LogP contribution is -2.39. The normalized spacial score (nSPS) is 13.8. The van der Waals surface area contributed by atoms with Crippen LogP contribution < -0.4 is 10.6 Å². The van der Waals surface area contributed by atoms with Gasteiger partial charge in [-0.2, -0.15) is 0 Å². The Labute approximate surface area is 124 Å². The Morgan fingerprint density at radius 1 is 1.15 bits per heavy atom. The zero-order chi connectivity index (χ0) is 14.5. The molecule has 0 aliphatic heterocycles. The predicted octanol–water partition coefficient (Wildman–Crippen LogP) is 3.73. The molecule has 1 aromatic heterocycles. The number of nitrogens with one attached hydrogen (secondary N) is 2. The van der Waals surface area contributed by atoms with E-state index in [2.05, 4.69) is 23.6 Å². The number of aryl methyl sites for hydroxylation is 1.